The molecule has 2 aromatic carbocycles. The van der Waals surface area contributed by atoms with Crippen LogP contribution in [0, 0.1) is 6.92 Å². The Hall–Kier alpha value is -4.01. The predicted octanol–water partition coefficient (Wildman–Crippen LogP) is 2.52. The molecule has 31 heavy (non-hydrogen) atoms. The van der Waals surface area contributed by atoms with Crippen LogP contribution in [-0.4, -0.2) is 38.8 Å². The zero-order valence-corrected chi connectivity index (χ0v) is 17.2. The molecule has 4 rings (SSSR count). The molecule has 9 nitrogen and oxygen atoms in total. The molecule has 0 unspecified atom stereocenters. The molecule has 3 aromatic rings. The second-order valence-electron chi connectivity index (χ2n) is 7.01. The normalized spacial score (nSPS) is 15.9. The number of nitrogens with zero attached hydrogens (tertiary/aromatic N) is 4. The van der Waals surface area contributed by atoms with Crippen LogP contribution in [0.5, 0.6) is 0 Å². The summed E-state index contributed by atoms with van der Waals surface area (Å²) in [5, 5.41) is 18.2. The summed E-state index contributed by atoms with van der Waals surface area (Å²) in [5.74, 6) is -0.0469. The van der Waals surface area contributed by atoms with Gasteiger partial charge in [-0.05, 0) is 30.2 Å². The molecule has 158 valence electrons. The van der Waals surface area contributed by atoms with Crippen LogP contribution in [0.25, 0.3) is 11.4 Å². The number of ether oxygens (including phenoxy) is 1. The summed E-state index contributed by atoms with van der Waals surface area (Å²) in [6.45, 7) is 3.97. The number of rotatable bonds is 6. The van der Waals surface area contributed by atoms with Crippen molar-refractivity contribution in [2.75, 3.05) is 6.61 Å². The molecular weight excluding hydrogens is 396 g/mol. The van der Waals surface area contributed by atoms with E-state index in [4.69, 9.17) is 4.74 Å². The number of hydrogen-bond acceptors (Lipinski definition) is 6. The molecule has 9 heteroatoms. The van der Waals surface area contributed by atoms with Crippen LogP contribution in [0.3, 0.4) is 0 Å². The molecular formula is C22H22N6O3. The Bertz CT molecular complexity index is 1140. The SMILES string of the molecule is CCOC(=O)C1=C(Cn2nnc(-c3ccccc3C)n2)NC(=O)N[C@@H]1c1ccccc1. The Morgan fingerprint density at radius 2 is 1.87 bits per heavy atom. The van der Waals surface area contributed by atoms with E-state index in [2.05, 4.69) is 26.0 Å². The number of aromatic nitrogens is 4. The van der Waals surface area contributed by atoms with E-state index in [1.165, 1.54) is 4.80 Å². The molecule has 0 fully saturated rings. The molecule has 0 radical (unpaired) electrons. The Kier molecular flexibility index (Phi) is 5.74. The number of carbonyl (C=O) groups excluding carboxylic acids is 2. The predicted molar refractivity (Wildman–Crippen MR) is 112 cm³/mol. The highest BCUT2D eigenvalue weighted by atomic mass is 16.5. The van der Waals surface area contributed by atoms with Crippen LogP contribution < -0.4 is 10.6 Å². The third kappa shape index (κ3) is 4.30. The Balaban J connectivity index is 1.72. The molecule has 0 spiro atoms. The molecule has 1 aliphatic heterocycles. The van der Waals surface area contributed by atoms with Gasteiger partial charge in [-0.1, -0.05) is 54.6 Å². The Morgan fingerprint density at radius 1 is 1.13 bits per heavy atom. The molecule has 1 aromatic heterocycles. The minimum Gasteiger partial charge on any atom is -0.463 e. The maximum absolute atomic E-state index is 12.8. The van der Waals surface area contributed by atoms with Gasteiger partial charge < -0.3 is 15.4 Å². The lowest BCUT2D eigenvalue weighted by Crippen LogP contribution is -2.47. The minimum absolute atomic E-state index is 0.0593. The van der Waals surface area contributed by atoms with Crippen LogP contribution in [0.15, 0.2) is 65.9 Å². The lowest BCUT2D eigenvalue weighted by Gasteiger charge is -2.29. The van der Waals surface area contributed by atoms with E-state index in [0.717, 1.165) is 16.7 Å². The maximum atomic E-state index is 12.8. The van der Waals surface area contributed by atoms with Crippen LogP contribution in [-0.2, 0) is 16.1 Å². The van der Waals surface area contributed by atoms with E-state index in [9.17, 15) is 9.59 Å². The lowest BCUT2D eigenvalue weighted by molar-refractivity contribution is -0.139. The molecule has 1 aliphatic rings. The summed E-state index contributed by atoms with van der Waals surface area (Å²) in [4.78, 5) is 26.5. The minimum atomic E-state index is -0.650. The first-order valence-electron chi connectivity index (χ1n) is 9.93. The van der Waals surface area contributed by atoms with Crippen LogP contribution in [0.1, 0.15) is 24.1 Å². The number of hydrogen-bond donors (Lipinski definition) is 2. The number of amides is 2. The topological polar surface area (TPSA) is 111 Å². The van der Waals surface area contributed by atoms with Crippen molar-refractivity contribution < 1.29 is 14.3 Å². The molecule has 0 saturated heterocycles. The van der Waals surface area contributed by atoms with Crippen LogP contribution in [0.2, 0.25) is 0 Å². The number of nitrogens with one attached hydrogen (secondary N) is 2. The number of urea groups is 1. The largest absolute Gasteiger partial charge is 0.463 e. The van der Waals surface area contributed by atoms with Crippen molar-refractivity contribution >= 4 is 12.0 Å². The van der Waals surface area contributed by atoms with Gasteiger partial charge in [-0.25, -0.2) is 9.59 Å². The molecule has 2 heterocycles. The Labute approximate surface area is 179 Å². The van der Waals surface area contributed by atoms with E-state index in [-0.39, 0.29) is 13.2 Å². The summed E-state index contributed by atoms with van der Waals surface area (Å²) in [5.41, 5.74) is 3.33. The average molecular weight is 418 g/mol. The van der Waals surface area contributed by atoms with E-state index >= 15 is 0 Å². The second-order valence-corrected chi connectivity index (χ2v) is 7.01. The summed E-state index contributed by atoms with van der Waals surface area (Å²) in [6.07, 6.45) is 0. The van der Waals surface area contributed by atoms with Gasteiger partial charge in [-0.2, -0.15) is 4.80 Å². The van der Waals surface area contributed by atoms with Crippen molar-refractivity contribution in [3.8, 4) is 11.4 Å². The number of carbonyl (C=O) groups is 2. The standard InChI is InChI=1S/C22H22N6O3/c1-3-31-21(29)18-17(23-22(30)24-19(18)15-10-5-4-6-11-15)13-28-26-20(25-27-28)16-12-8-7-9-14(16)2/h4-12,19H,3,13H2,1-2H3,(H2,23,24,30)/t19-/m1/s1. The van der Waals surface area contributed by atoms with Crippen LogP contribution in [0.4, 0.5) is 4.79 Å². The molecule has 0 saturated carbocycles. The van der Waals surface area contributed by atoms with Crippen LogP contribution >= 0.6 is 0 Å². The molecule has 1 atom stereocenters. The van der Waals surface area contributed by atoms with Crippen molar-refractivity contribution in [1.29, 1.82) is 0 Å². The number of benzene rings is 2. The average Bonchev–Trinajstić information content (AvgIpc) is 3.22. The second kappa shape index (κ2) is 8.78. The maximum Gasteiger partial charge on any atom is 0.338 e. The quantitative estimate of drug-likeness (QED) is 0.595. The van der Waals surface area contributed by atoms with Crippen molar-refractivity contribution in [3.05, 3.63) is 77.0 Å². The number of allylic oxidation sites excluding steroid dienone is 1. The van der Waals surface area contributed by atoms with E-state index < -0.39 is 18.0 Å². The van der Waals surface area contributed by atoms with E-state index in [1.807, 2.05) is 61.5 Å². The van der Waals surface area contributed by atoms with Gasteiger partial charge in [0, 0.05) is 5.56 Å². The van der Waals surface area contributed by atoms with Gasteiger partial charge in [-0.15, -0.1) is 10.2 Å². The van der Waals surface area contributed by atoms with Gasteiger partial charge in [0.2, 0.25) is 5.82 Å². The van der Waals surface area contributed by atoms with Gasteiger partial charge in [0.05, 0.1) is 23.9 Å². The highest BCUT2D eigenvalue weighted by molar-refractivity contribution is 5.95. The monoisotopic (exact) mass is 418 g/mol. The third-order valence-corrected chi connectivity index (χ3v) is 4.92. The first kappa shape index (κ1) is 20.3. The molecule has 0 aliphatic carbocycles. The first-order valence-corrected chi connectivity index (χ1v) is 9.93. The van der Waals surface area contributed by atoms with Gasteiger partial charge in [0.15, 0.2) is 0 Å². The molecule has 2 N–H and O–H groups in total. The smallest absolute Gasteiger partial charge is 0.338 e. The summed E-state index contributed by atoms with van der Waals surface area (Å²) < 4.78 is 5.27. The van der Waals surface area contributed by atoms with Gasteiger partial charge >= 0.3 is 12.0 Å². The van der Waals surface area contributed by atoms with Crippen molar-refractivity contribution in [1.82, 2.24) is 30.8 Å². The van der Waals surface area contributed by atoms with E-state index in [0.29, 0.717) is 17.1 Å². The highest BCUT2D eigenvalue weighted by Crippen LogP contribution is 2.28. The zero-order chi connectivity index (χ0) is 21.8. The van der Waals surface area contributed by atoms with Crippen molar-refractivity contribution in [2.24, 2.45) is 0 Å². The highest BCUT2D eigenvalue weighted by Gasteiger charge is 2.34. The number of esters is 1. The molecule has 2 amide bonds. The molecule has 0 bridgehead atoms. The summed E-state index contributed by atoms with van der Waals surface area (Å²) >= 11 is 0. The zero-order valence-electron chi connectivity index (χ0n) is 17.2. The van der Waals surface area contributed by atoms with Crippen molar-refractivity contribution in [2.45, 2.75) is 26.4 Å². The Morgan fingerprint density at radius 3 is 2.61 bits per heavy atom. The van der Waals surface area contributed by atoms with Gasteiger partial charge in [0.25, 0.3) is 0 Å². The lowest BCUT2D eigenvalue weighted by atomic mass is 9.95. The summed E-state index contributed by atoms with van der Waals surface area (Å²) in [7, 11) is 0. The number of tetrazole rings is 1. The number of aryl methyl sites for hydroxylation is 1. The fourth-order valence-corrected chi connectivity index (χ4v) is 3.47. The fourth-order valence-electron chi connectivity index (χ4n) is 3.47. The third-order valence-electron chi connectivity index (χ3n) is 4.92. The fraction of sp³-hybridized carbons (Fsp3) is 0.227. The van der Waals surface area contributed by atoms with Crippen molar-refractivity contribution in [3.63, 3.8) is 0 Å². The first-order chi connectivity index (χ1) is 15.1. The van der Waals surface area contributed by atoms with Gasteiger partial charge in [0.1, 0.15) is 6.54 Å². The summed E-state index contributed by atoms with van der Waals surface area (Å²) in [6, 6.07) is 15.9. The van der Waals surface area contributed by atoms with E-state index in [1.54, 1.807) is 6.92 Å². The van der Waals surface area contributed by atoms with Gasteiger partial charge in [-0.3, -0.25) is 0 Å².